The van der Waals surface area contributed by atoms with E-state index in [2.05, 4.69) is 76.4 Å². The molecule has 172 valence electrons. The summed E-state index contributed by atoms with van der Waals surface area (Å²) < 4.78 is 11.6. The largest absolute Gasteiger partial charge is 0.379 e. The minimum atomic E-state index is 0.0692. The predicted octanol–water partition coefficient (Wildman–Crippen LogP) is 3.28. The highest BCUT2D eigenvalue weighted by molar-refractivity contribution is 5.80. The van der Waals surface area contributed by atoms with Crippen LogP contribution in [0, 0.1) is 13.8 Å². The van der Waals surface area contributed by atoms with Crippen molar-refractivity contribution in [1.29, 1.82) is 0 Å². The van der Waals surface area contributed by atoms with E-state index in [1.807, 2.05) is 7.05 Å². The van der Waals surface area contributed by atoms with E-state index in [9.17, 15) is 0 Å². The summed E-state index contributed by atoms with van der Waals surface area (Å²) in [5.74, 6) is 0.932. The second-order valence-corrected chi connectivity index (χ2v) is 8.77. The fourth-order valence-electron chi connectivity index (χ4n) is 4.59. The molecule has 2 aliphatic rings. The van der Waals surface area contributed by atoms with Gasteiger partial charge in [-0.3, -0.25) is 9.89 Å². The third-order valence-corrected chi connectivity index (χ3v) is 6.30. The van der Waals surface area contributed by atoms with Crippen molar-refractivity contribution in [3.05, 3.63) is 70.3 Å². The molecule has 0 bridgehead atoms. The Morgan fingerprint density at radius 1 is 1.03 bits per heavy atom. The number of hydrogen-bond donors (Lipinski definition) is 1. The first-order valence-corrected chi connectivity index (χ1v) is 11.6. The lowest BCUT2D eigenvalue weighted by Gasteiger charge is -2.36. The molecular formula is C26H36N4O2. The number of rotatable bonds is 5. The van der Waals surface area contributed by atoms with Gasteiger partial charge in [0.25, 0.3) is 0 Å². The topological polar surface area (TPSA) is 49.3 Å². The van der Waals surface area contributed by atoms with E-state index in [1.54, 1.807) is 0 Å². The summed E-state index contributed by atoms with van der Waals surface area (Å²) in [6.45, 7) is 12.1. The number of aliphatic imine (C=N–C) groups is 1. The lowest BCUT2D eigenvalue weighted by Crippen LogP contribution is -2.48. The molecule has 0 saturated carbocycles. The van der Waals surface area contributed by atoms with Crippen LogP contribution in [0.15, 0.2) is 47.5 Å². The van der Waals surface area contributed by atoms with Crippen LogP contribution in [-0.4, -0.2) is 68.8 Å². The van der Waals surface area contributed by atoms with Crippen molar-refractivity contribution >= 4 is 5.96 Å². The van der Waals surface area contributed by atoms with Gasteiger partial charge < -0.3 is 19.7 Å². The van der Waals surface area contributed by atoms with E-state index in [0.29, 0.717) is 6.61 Å². The summed E-state index contributed by atoms with van der Waals surface area (Å²) in [6.07, 6.45) is 0.0692. The number of nitrogens with one attached hydrogen (secondary N) is 1. The number of benzene rings is 2. The lowest BCUT2D eigenvalue weighted by molar-refractivity contribution is -0.00834. The van der Waals surface area contributed by atoms with Crippen LogP contribution in [0.3, 0.4) is 0 Å². The summed E-state index contributed by atoms with van der Waals surface area (Å²) in [5.41, 5.74) is 6.47. The molecule has 2 fully saturated rings. The van der Waals surface area contributed by atoms with E-state index in [4.69, 9.17) is 9.47 Å². The van der Waals surface area contributed by atoms with Crippen molar-refractivity contribution in [2.24, 2.45) is 4.99 Å². The number of hydrogen-bond acceptors (Lipinski definition) is 4. The van der Waals surface area contributed by atoms with Gasteiger partial charge in [-0.2, -0.15) is 0 Å². The lowest BCUT2D eigenvalue weighted by atomic mass is 10.00. The predicted molar refractivity (Wildman–Crippen MR) is 129 cm³/mol. The second kappa shape index (κ2) is 10.9. The van der Waals surface area contributed by atoms with Gasteiger partial charge in [-0.15, -0.1) is 0 Å². The third-order valence-electron chi connectivity index (χ3n) is 6.30. The molecular weight excluding hydrogens is 400 g/mol. The SMILES string of the molecule is CN=C(NCc1cccc(CN2CCOCC2)c1)N1CCOC(c2ccc(C)cc2C)C1. The van der Waals surface area contributed by atoms with Gasteiger partial charge >= 0.3 is 0 Å². The molecule has 4 rings (SSSR count). The zero-order chi connectivity index (χ0) is 22.3. The van der Waals surface area contributed by atoms with Gasteiger partial charge in [0.1, 0.15) is 6.10 Å². The number of morpholine rings is 2. The summed E-state index contributed by atoms with van der Waals surface area (Å²) in [7, 11) is 1.86. The van der Waals surface area contributed by atoms with E-state index in [1.165, 1.54) is 27.8 Å². The Balaban J connectivity index is 1.35. The van der Waals surface area contributed by atoms with Crippen molar-refractivity contribution in [3.8, 4) is 0 Å². The summed E-state index contributed by atoms with van der Waals surface area (Å²) in [5, 5.41) is 3.57. The minimum absolute atomic E-state index is 0.0692. The Hall–Kier alpha value is -2.41. The molecule has 0 spiro atoms. The Morgan fingerprint density at radius 3 is 2.62 bits per heavy atom. The monoisotopic (exact) mass is 436 g/mol. The highest BCUT2D eigenvalue weighted by Gasteiger charge is 2.25. The first-order chi connectivity index (χ1) is 15.6. The Bertz CT molecular complexity index is 924. The molecule has 0 amide bonds. The van der Waals surface area contributed by atoms with Crippen LogP contribution in [-0.2, 0) is 22.6 Å². The van der Waals surface area contributed by atoms with Crippen LogP contribution < -0.4 is 5.32 Å². The van der Waals surface area contributed by atoms with Crippen LogP contribution >= 0.6 is 0 Å². The van der Waals surface area contributed by atoms with Gasteiger partial charge in [0, 0.05) is 39.8 Å². The van der Waals surface area contributed by atoms with Crippen LogP contribution in [0.25, 0.3) is 0 Å². The summed E-state index contributed by atoms with van der Waals surface area (Å²) in [6, 6.07) is 15.4. The van der Waals surface area contributed by atoms with Gasteiger partial charge in [0.2, 0.25) is 0 Å². The normalized spacial score (nSPS) is 20.4. The van der Waals surface area contributed by atoms with Gasteiger partial charge in [-0.25, -0.2) is 0 Å². The molecule has 2 aliphatic heterocycles. The molecule has 6 nitrogen and oxygen atoms in total. The second-order valence-electron chi connectivity index (χ2n) is 8.77. The molecule has 2 aromatic carbocycles. The molecule has 32 heavy (non-hydrogen) atoms. The molecule has 2 heterocycles. The Morgan fingerprint density at radius 2 is 1.84 bits per heavy atom. The molecule has 1 atom stereocenters. The first-order valence-electron chi connectivity index (χ1n) is 11.6. The highest BCUT2D eigenvalue weighted by Crippen LogP contribution is 2.26. The molecule has 6 heteroatoms. The van der Waals surface area contributed by atoms with Crippen molar-refractivity contribution in [3.63, 3.8) is 0 Å². The molecule has 0 aliphatic carbocycles. The van der Waals surface area contributed by atoms with Crippen molar-refractivity contribution in [2.75, 3.05) is 53.0 Å². The summed E-state index contributed by atoms with van der Waals surface area (Å²) >= 11 is 0. The zero-order valence-electron chi connectivity index (χ0n) is 19.6. The number of nitrogens with zero attached hydrogens (tertiary/aromatic N) is 3. The standard InChI is InChI=1S/C26H36N4O2/c1-20-7-8-24(21(2)15-20)25-19-30(11-14-32-25)26(27-3)28-17-22-5-4-6-23(16-22)18-29-9-12-31-13-10-29/h4-8,15-16,25H,9-14,17-19H2,1-3H3,(H,27,28). The quantitative estimate of drug-likeness (QED) is 0.576. The van der Waals surface area contributed by atoms with Crippen LogP contribution in [0.1, 0.15) is 33.9 Å². The number of aryl methyl sites for hydroxylation is 2. The molecule has 0 radical (unpaired) electrons. The smallest absolute Gasteiger partial charge is 0.194 e. The van der Waals surface area contributed by atoms with Crippen molar-refractivity contribution in [1.82, 2.24) is 15.1 Å². The molecule has 2 saturated heterocycles. The maximum absolute atomic E-state index is 6.12. The molecule has 1 N–H and O–H groups in total. The molecule has 0 aromatic heterocycles. The maximum Gasteiger partial charge on any atom is 0.194 e. The fraction of sp³-hybridized carbons (Fsp3) is 0.500. The van der Waals surface area contributed by atoms with Crippen LogP contribution in [0.4, 0.5) is 0 Å². The highest BCUT2D eigenvalue weighted by atomic mass is 16.5. The molecule has 2 aromatic rings. The van der Waals surface area contributed by atoms with Crippen LogP contribution in [0.2, 0.25) is 0 Å². The van der Waals surface area contributed by atoms with Gasteiger partial charge in [-0.1, -0.05) is 48.0 Å². The fourth-order valence-corrected chi connectivity index (χ4v) is 4.59. The van der Waals surface area contributed by atoms with Gasteiger partial charge in [0.15, 0.2) is 5.96 Å². The minimum Gasteiger partial charge on any atom is -0.379 e. The Labute approximate surface area is 192 Å². The average Bonchev–Trinajstić information content (AvgIpc) is 2.81. The van der Waals surface area contributed by atoms with E-state index >= 15 is 0 Å². The third kappa shape index (κ3) is 5.88. The first kappa shape index (κ1) is 22.8. The van der Waals surface area contributed by atoms with Gasteiger partial charge in [0.05, 0.1) is 26.4 Å². The number of ether oxygens (including phenoxy) is 2. The van der Waals surface area contributed by atoms with Crippen molar-refractivity contribution < 1.29 is 9.47 Å². The van der Waals surface area contributed by atoms with E-state index in [0.717, 1.165) is 58.4 Å². The number of guanidine groups is 1. The van der Waals surface area contributed by atoms with Crippen LogP contribution in [0.5, 0.6) is 0 Å². The van der Waals surface area contributed by atoms with E-state index < -0.39 is 0 Å². The molecule has 1 unspecified atom stereocenters. The average molecular weight is 437 g/mol. The van der Waals surface area contributed by atoms with Crippen molar-refractivity contribution in [2.45, 2.75) is 33.0 Å². The van der Waals surface area contributed by atoms with Gasteiger partial charge in [-0.05, 0) is 36.1 Å². The summed E-state index contributed by atoms with van der Waals surface area (Å²) in [4.78, 5) is 9.33. The zero-order valence-corrected chi connectivity index (χ0v) is 19.6. The van der Waals surface area contributed by atoms with E-state index in [-0.39, 0.29) is 6.10 Å². The maximum atomic E-state index is 6.12. The Kier molecular flexibility index (Phi) is 7.79.